The summed E-state index contributed by atoms with van der Waals surface area (Å²) in [5.74, 6) is -0.954. The van der Waals surface area contributed by atoms with Crippen LogP contribution in [0.2, 0.25) is 5.02 Å². The van der Waals surface area contributed by atoms with Gasteiger partial charge in [-0.05, 0) is 49.1 Å². The SMILES string of the molecule is O=C1CCC(N2Cc3c(Cl)cc(C4(Nc5nnc(-c6ccc(C(F)F)cc6)o5)CC4)cc3C2=O)C(=O)N1. The van der Waals surface area contributed by atoms with Crippen LogP contribution in [0.15, 0.2) is 40.8 Å². The van der Waals surface area contributed by atoms with Crippen molar-refractivity contribution in [2.24, 2.45) is 0 Å². The summed E-state index contributed by atoms with van der Waals surface area (Å²) in [6, 6.07) is 8.59. The molecule has 2 aromatic carbocycles. The minimum absolute atomic E-state index is 0.0993. The number of nitrogens with one attached hydrogen (secondary N) is 2. The van der Waals surface area contributed by atoms with E-state index in [-0.39, 0.29) is 48.7 Å². The minimum Gasteiger partial charge on any atom is -0.403 e. The predicted octanol–water partition coefficient (Wildman–Crippen LogP) is 4.19. The zero-order valence-corrected chi connectivity index (χ0v) is 20.0. The lowest BCUT2D eigenvalue weighted by Gasteiger charge is -2.29. The van der Waals surface area contributed by atoms with E-state index in [0.717, 1.165) is 18.4 Å². The van der Waals surface area contributed by atoms with Crippen molar-refractivity contribution in [2.45, 2.75) is 50.2 Å². The van der Waals surface area contributed by atoms with E-state index in [2.05, 4.69) is 20.8 Å². The van der Waals surface area contributed by atoms with E-state index in [0.29, 0.717) is 21.7 Å². The van der Waals surface area contributed by atoms with E-state index < -0.39 is 23.9 Å². The Labute approximate surface area is 214 Å². The maximum atomic E-state index is 13.3. The molecule has 1 aliphatic carbocycles. The van der Waals surface area contributed by atoms with Crippen LogP contribution in [0.4, 0.5) is 14.8 Å². The van der Waals surface area contributed by atoms with Gasteiger partial charge in [0.15, 0.2) is 0 Å². The van der Waals surface area contributed by atoms with Crippen LogP contribution in [0.25, 0.3) is 11.5 Å². The molecule has 3 amide bonds. The number of carbonyl (C=O) groups excluding carboxylic acids is 3. The summed E-state index contributed by atoms with van der Waals surface area (Å²) in [5, 5.41) is 14.0. The highest BCUT2D eigenvalue weighted by molar-refractivity contribution is 6.32. The van der Waals surface area contributed by atoms with E-state index in [1.807, 2.05) is 0 Å². The molecular weight excluding hydrogens is 508 g/mol. The number of anilines is 1. The minimum atomic E-state index is -2.56. The predicted molar refractivity (Wildman–Crippen MR) is 127 cm³/mol. The monoisotopic (exact) mass is 527 g/mol. The Morgan fingerprint density at radius 3 is 2.57 bits per heavy atom. The number of hydrogen-bond donors (Lipinski definition) is 2. The Bertz CT molecular complexity index is 1440. The molecule has 1 unspecified atom stereocenters. The molecular formula is C25H20ClF2N5O4. The molecule has 2 fully saturated rings. The molecule has 2 aliphatic heterocycles. The Hall–Kier alpha value is -3.86. The molecule has 1 saturated carbocycles. The zero-order chi connectivity index (χ0) is 25.9. The average Bonchev–Trinajstić information content (AvgIpc) is 3.37. The zero-order valence-electron chi connectivity index (χ0n) is 19.3. The van der Waals surface area contributed by atoms with Gasteiger partial charge in [-0.25, -0.2) is 8.78 Å². The molecule has 1 atom stereocenters. The molecule has 3 heterocycles. The number of amides is 3. The third-order valence-electron chi connectivity index (χ3n) is 7.08. The van der Waals surface area contributed by atoms with Gasteiger partial charge in [-0.1, -0.05) is 28.8 Å². The number of rotatable bonds is 6. The number of imide groups is 1. The first-order chi connectivity index (χ1) is 17.7. The molecule has 1 saturated heterocycles. The van der Waals surface area contributed by atoms with Gasteiger partial charge in [-0.15, -0.1) is 5.10 Å². The van der Waals surface area contributed by atoms with Crippen molar-refractivity contribution in [3.8, 4) is 11.5 Å². The van der Waals surface area contributed by atoms with Crippen molar-refractivity contribution in [2.75, 3.05) is 5.32 Å². The topological polar surface area (TPSA) is 117 Å². The summed E-state index contributed by atoms with van der Waals surface area (Å²) >= 11 is 6.59. The maximum absolute atomic E-state index is 13.3. The molecule has 1 aromatic heterocycles. The van der Waals surface area contributed by atoms with Crippen LogP contribution >= 0.6 is 11.6 Å². The van der Waals surface area contributed by atoms with Crippen molar-refractivity contribution in [3.05, 3.63) is 63.7 Å². The molecule has 3 aromatic rings. The van der Waals surface area contributed by atoms with Crippen molar-refractivity contribution in [1.29, 1.82) is 0 Å². The van der Waals surface area contributed by atoms with Crippen LogP contribution in [0.5, 0.6) is 0 Å². The number of aromatic nitrogens is 2. The van der Waals surface area contributed by atoms with Crippen LogP contribution in [0.1, 0.15) is 59.2 Å². The fourth-order valence-electron chi connectivity index (χ4n) is 4.87. The van der Waals surface area contributed by atoms with Crippen LogP contribution in [0.3, 0.4) is 0 Å². The first kappa shape index (κ1) is 23.5. The summed E-state index contributed by atoms with van der Waals surface area (Å²) in [6.07, 6.45) is -0.664. The van der Waals surface area contributed by atoms with Crippen LogP contribution < -0.4 is 10.6 Å². The number of fused-ring (bicyclic) bond motifs is 1. The van der Waals surface area contributed by atoms with Gasteiger partial charge in [-0.2, -0.15) is 0 Å². The summed E-state index contributed by atoms with van der Waals surface area (Å²) in [5.41, 5.74) is 1.68. The Kier molecular flexibility index (Phi) is 5.48. The lowest BCUT2D eigenvalue weighted by Crippen LogP contribution is -2.52. The molecule has 37 heavy (non-hydrogen) atoms. The number of nitrogens with zero attached hydrogens (tertiary/aromatic N) is 3. The molecule has 2 N–H and O–H groups in total. The molecule has 190 valence electrons. The first-order valence-corrected chi connectivity index (χ1v) is 12.1. The number of benzene rings is 2. The average molecular weight is 528 g/mol. The van der Waals surface area contributed by atoms with Gasteiger partial charge in [-0.3, -0.25) is 19.7 Å². The standard InChI is InChI=1S/C25H20ClF2N5O4/c26-17-10-14(9-15-16(17)11-33(23(15)36)18-5-6-19(34)29-21(18)35)25(7-8-25)30-24-32-31-22(37-24)13-3-1-12(2-4-13)20(27)28/h1-4,9-10,18,20H,5-8,11H2,(H,30,32)(H,29,34,35). The fraction of sp³-hybridized carbons (Fsp3) is 0.320. The summed E-state index contributed by atoms with van der Waals surface area (Å²) in [4.78, 5) is 38.6. The van der Waals surface area contributed by atoms with Crippen LogP contribution in [0, 0.1) is 0 Å². The fourth-order valence-corrected chi connectivity index (χ4v) is 5.15. The lowest BCUT2D eigenvalue weighted by molar-refractivity contribution is -0.136. The third-order valence-corrected chi connectivity index (χ3v) is 7.42. The van der Waals surface area contributed by atoms with Crippen LogP contribution in [-0.4, -0.2) is 38.9 Å². The number of carbonyl (C=O) groups is 3. The highest BCUT2D eigenvalue weighted by atomic mass is 35.5. The highest BCUT2D eigenvalue weighted by Gasteiger charge is 2.48. The molecule has 9 nitrogen and oxygen atoms in total. The second-order valence-corrected chi connectivity index (χ2v) is 9.83. The summed E-state index contributed by atoms with van der Waals surface area (Å²) in [6.45, 7) is 0.192. The van der Waals surface area contributed by atoms with Crippen LogP contribution in [-0.2, 0) is 21.7 Å². The van der Waals surface area contributed by atoms with Gasteiger partial charge in [0.25, 0.3) is 12.3 Å². The molecule has 3 aliphatic rings. The van der Waals surface area contributed by atoms with Gasteiger partial charge in [0.1, 0.15) is 6.04 Å². The van der Waals surface area contributed by atoms with Gasteiger partial charge in [0.05, 0.1) is 5.54 Å². The lowest BCUT2D eigenvalue weighted by atomic mass is 9.99. The molecule has 0 radical (unpaired) electrons. The highest BCUT2D eigenvalue weighted by Crippen LogP contribution is 2.50. The number of alkyl halides is 2. The summed E-state index contributed by atoms with van der Waals surface area (Å²) < 4.78 is 31.4. The van der Waals surface area contributed by atoms with Gasteiger partial charge in [0.2, 0.25) is 17.7 Å². The number of hydrogen-bond acceptors (Lipinski definition) is 7. The van der Waals surface area contributed by atoms with E-state index in [1.165, 1.54) is 29.2 Å². The van der Waals surface area contributed by atoms with Crippen molar-refractivity contribution < 1.29 is 27.6 Å². The van der Waals surface area contributed by atoms with E-state index in [9.17, 15) is 23.2 Å². The van der Waals surface area contributed by atoms with Crippen molar-refractivity contribution in [3.63, 3.8) is 0 Å². The number of piperidine rings is 1. The molecule has 6 rings (SSSR count). The van der Waals surface area contributed by atoms with E-state index >= 15 is 0 Å². The Balaban J connectivity index is 1.22. The molecule has 0 spiro atoms. The largest absolute Gasteiger partial charge is 0.403 e. The number of halogens is 3. The second kappa shape index (κ2) is 8.62. The first-order valence-electron chi connectivity index (χ1n) is 11.7. The van der Waals surface area contributed by atoms with Crippen molar-refractivity contribution in [1.82, 2.24) is 20.4 Å². The Morgan fingerprint density at radius 1 is 1.14 bits per heavy atom. The summed E-state index contributed by atoms with van der Waals surface area (Å²) in [7, 11) is 0. The van der Waals surface area contributed by atoms with Gasteiger partial charge >= 0.3 is 6.01 Å². The Morgan fingerprint density at radius 2 is 1.89 bits per heavy atom. The smallest absolute Gasteiger partial charge is 0.316 e. The molecule has 0 bridgehead atoms. The second-order valence-electron chi connectivity index (χ2n) is 9.43. The van der Waals surface area contributed by atoms with Crippen molar-refractivity contribution >= 4 is 35.3 Å². The maximum Gasteiger partial charge on any atom is 0.316 e. The van der Waals surface area contributed by atoms with Gasteiger partial charge < -0.3 is 14.6 Å². The van der Waals surface area contributed by atoms with E-state index in [1.54, 1.807) is 12.1 Å². The third kappa shape index (κ3) is 4.12. The normalized spacial score (nSPS) is 20.3. The molecule has 12 heteroatoms. The van der Waals surface area contributed by atoms with Gasteiger partial charge in [0, 0.05) is 40.2 Å². The van der Waals surface area contributed by atoms with E-state index in [4.69, 9.17) is 16.0 Å². The quantitative estimate of drug-likeness (QED) is 0.461.